The molecule has 2 heteroatoms. The average molecular weight is 618 g/mol. The first kappa shape index (κ1) is 35.2. The summed E-state index contributed by atoms with van der Waals surface area (Å²) in [5, 5.41) is 5.44. The zero-order valence-corrected chi connectivity index (χ0v) is 28.4. The molecule has 6 aromatic rings. The van der Waals surface area contributed by atoms with Gasteiger partial charge in [0.2, 0.25) is 0 Å². The molecule has 0 aliphatic carbocycles. The molecule has 2 radical (unpaired) electrons. The molecule has 0 nitrogen and oxygen atoms in total. The summed E-state index contributed by atoms with van der Waals surface area (Å²) < 4.78 is 0. The van der Waals surface area contributed by atoms with E-state index in [-0.39, 0.29) is 41.1 Å². The average Bonchev–Trinajstić information content (AvgIpc) is 3.58. The van der Waals surface area contributed by atoms with E-state index in [4.69, 9.17) is 0 Å². The van der Waals surface area contributed by atoms with Gasteiger partial charge >= 0.3 is 26.2 Å². The topological polar surface area (TPSA) is 0 Å². The van der Waals surface area contributed by atoms with Gasteiger partial charge in [-0.25, -0.2) is 0 Å². The second-order valence-electron chi connectivity index (χ2n) is 9.28. The number of benzene rings is 4. The molecule has 0 spiro atoms. The Morgan fingerprint density at radius 2 is 0.875 bits per heavy atom. The standard InChI is InChI=1S/2C17H15.C2H6Si.2CH3.Zr/c2*1-2-13-11-15-9-6-10-16(17(15)12-13)14-7-4-3-5-8-14;1-3-2;;;/h2*3-12H,2H2,1H3;1-2H3;2*1H3;/q2*-1;;2*-1;+4. The fourth-order valence-corrected chi connectivity index (χ4v) is 4.74. The Hall–Kier alpha value is -2.80. The Balaban J connectivity index is 0.000000341. The number of hydrogen-bond donors (Lipinski definition) is 0. The van der Waals surface area contributed by atoms with E-state index < -0.39 is 0 Å². The summed E-state index contributed by atoms with van der Waals surface area (Å²) in [6, 6.07) is 43.5. The monoisotopic (exact) mass is 616 g/mol. The summed E-state index contributed by atoms with van der Waals surface area (Å²) >= 11 is 0. The smallest absolute Gasteiger partial charge is 0.358 e. The molecule has 40 heavy (non-hydrogen) atoms. The zero-order valence-electron chi connectivity index (χ0n) is 25.0. The van der Waals surface area contributed by atoms with Crippen molar-refractivity contribution in [3.8, 4) is 22.3 Å². The van der Waals surface area contributed by atoms with Crippen LogP contribution < -0.4 is 0 Å². The van der Waals surface area contributed by atoms with Crippen LogP contribution in [-0.2, 0) is 39.0 Å². The zero-order chi connectivity index (χ0) is 26.0. The Bertz CT molecular complexity index is 1410. The molecule has 0 aliphatic rings. The number of hydrogen-bond acceptors (Lipinski definition) is 0. The quantitative estimate of drug-likeness (QED) is 0.136. The molecule has 0 saturated heterocycles. The van der Waals surface area contributed by atoms with Crippen LogP contribution in [0.25, 0.3) is 43.8 Å². The Morgan fingerprint density at radius 3 is 1.20 bits per heavy atom. The Labute approximate surface area is 265 Å². The van der Waals surface area contributed by atoms with Gasteiger partial charge < -0.3 is 14.9 Å². The van der Waals surface area contributed by atoms with Gasteiger partial charge in [0.15, 0.2) is 0 Å². The third-order valence-corrected chi connectivity index (χ3v) is 6.61. The van der Waals surface area contributed by atoms with Crippen molar-refractivity contribution in [2.24, 2.45) is 0 Å². The maximum absolute atomic E-state index is 2.32. The molecule has 6 aromatic carbocycles. The Morgan fingerprint density at radius 1 is 0.525 bits per heavy atom. The van der Waals surface area contributed by atoms with Gasteiger partial charge in [-0.05, 0) is 24.0 Å². The van der Waals surface area contributed by atoms with Crippen LogP contribution in [-0.4, -0.2) is 9.52 Å². The molecule has 0 fully saturated rings. The van der Waals surface area contributed by atoms with Crippen molar-refractivity contribution in [2.45, 2.75) is 39.8 Å². The summed E-state index contributed by atoms with van der Waals surface area (Å²) in [7, 11) is 1.08. The van der Waals surface area contributed by atoms with Gasteiger partial charge in [0.1, 0.15) is 0 Å². The van der Waals surface area contributed by atoms with E-state index in [9.17, 15) is 0 Å². The second-order valence-corrected chi connectivity index (χ2v) is 10.3. The van der Waals surface area contributed by atoms with Crippen LogP contribution >= 0.6 is 0 Å². The normalized spacial score (nSPS) is 9.70. The molecule has 0 aromatic heterocycles. The largest absolute Gasteiger partial charge is 4.00 e. The molecule has 0 unspecified atom stereocenters. The molecule has 0 saturated carbocycles. The SMILES string of the molecule is CCc1cc2c(-c3ccccc3)cccc2[cH-]1.CCc1cc2c(-c3ccccc3)cccc2[cH-]1.C[Si]C.[CH3-].[CH3-].[Zr+4]. The summed E-state index contributed by atoms with van der Waals surface area (Å²) in [4.78, 5) is 0. The van der Waals surface area contributed by atoms with Gasteiger partial charge in [-0.15, -0.1) is 69.1 Å². The van der Waals surface area contributed by atoms with E-state index in [2.05, 4.69) is 148 Å². The van der Waals surface area contributed by atoms with Crippen molar-refractivity contribution >= 4 is 31.1 Å². The first-order chi connectivity index (χ1) is 18.2. The molecule has 0 atom stereocenters. The van der Waals surface area contributed by atoms with Crippen molar-refractivity contribution in [3.05, 3.63) is 147 Å². The van der Waals surface area contributed by atoms with E-state index in [0.717, 1.165) is 22.4 Å². The van der Waals surface area contributed by atoms with Crippen molar-refractivity contribution in [2.75, 3.05) is 0 Å². The predicted octanol–water partition coefficient (Wildman–Crippen LogP) is 11.3. The summed E-state index contributed by atoms with van der Waals surface area (Å²) in [6.45, 7) is 8.72. The molecule has 0 amide bonds. The van der Waals surface area contributed by atoms with Crippen LogP contribution in [0, 0.1) is 14.9 Å². The van der Waals surface area contributed by atoms with E-state index >= 15 is 0 Å². The van der Waals surface area contributed by atoms with Crippen LogP contribution in [0.3, 0.4) is 0 Å². The van der Waals surface area contributed by atoms with Crippen LogP contribution in [0.5, 0.6) is 0 Å². The minimum Gasteiger partial charge on any atom is -0.358 e. The first-order valence-corrected chi connectivity index (χ1v) is 15.2. The number of rotatable bonds is 4. The van der Waals surface area contributed by atoms with E-state index in [1.807, 2.05) is 0 Å². The van der Waals surface area contributed by atoms with Crippen molar-refractivity contribution in [1.29, 1.82) is 0 Å². The molecule has 0 aliphatic heterocycles. The maximum atomic E-state index is 2.32. The van der Waals surface area contributed by atoms with Crippen LogP contribution in [0.4, 0.5) is 0 Å². The molecule has 6 rings (SSSR count). The van der Waals surface area contributed by atoms with Gasteiger partial charge in [0.05, 0.1) is 0 Å². The van der Waals surface area contributed by atoms with Crippen molar-refractivity contribution in [3.63, 3.8) is 0 Å². The first-order valence-electron chi connectivity index (χ1n) is 13.2. The summed E-state index contributed by atoms with van der Waals surface area (Å²) in [5.74, 6) is 0. The van der Waals surface area contributed by atoms with Crippen molar-refractivity contribution in [1.82, 2.24) is 0 Å². The summed E-state index contributed by atoms with van der Waals surface area (Å²) in [6.07, 6.45) is 2.20. The number of fused-ring (bicyclic) bond motifs is 2. The minimum atomic E-state index is 0. The molecule has 202 valence electrons. The Kier molecular flexibility index (Phi) is 15.7. The summed E-state index contributed by atoms with van der Waals surface area (Å²) in [5.41, 5.74) is 8.11. The molecule has 0 bridgehead atoms. The third kappa shape index (κ3) is 8.60. The molecule has 0 heterocycles. The predicted molar refractivity (Wildman–Crippen MR) is 179 cm³/mol. The van der Waals surface area contributed by atoms with Gasteiger partial charge in [0.25, 0.3) is 0 Å². The molecular formula is C38H42SiZr. The van der Waals surface area contributed by atoms with E-state index in [1.54, 1.807) is 0 Å². The van der Waals surface area contributed by atoms with Gasteiger partial charge in [-0.1, -0.05) is 111 Å². The fraction of sp³-hybridized carbons (Fsp3) is 0.158. The third-order valence-electron chi connectivity index (χ3n) is 6.61. The number of aryl methyl sites for hydroxylation is 2. The maximum Gasteiger partial charge on any atom is 4.00 e. The fourth-order valence-electron chi connectivity index (χ4n) is 4.74. The van der Waals surface area contributed by atoms with Gasteiger partial charge in [0, 0.05) is 9.52 Å². The van der Waals surface area contributed by atoms with E-state index in [1.165, 1.54) is 54.9 Å². The minimum absolute atomic E-state index is 0. The van der Waals surface area contributed by atoms with Gasteiger partial charge in [-0.3, -0.25) is 0 Å². The second kappa shape index (κ2) is 17.8. The van der Waals surface area contributed by atoms with Crippen molar-refractivity contribution < 1.29 is 26.2 Å². The van der Waals surface area contributed by atoms with Crippen LogP contribution in [0.1, 0.15) is 25.0 Å². The molecular weight excluding hydrogens is 576 g/mol. The molecule has 0 N–H and O–H groups in total. The van der Waals surface area contributed by atoms with Crippen LogP contribution in [0.15, 0.2) is 121 Å². The van der Waals surface area contributed by atoms with Crippen LogP contribution in [0.2, 0.25) is 13.1 Å². The van der Waals surface area contributed by atoms with E-state index in [0.29, 0.717) is 0 Å². The van der Waals surface area contributed by atoms with Gasteiger partial charge in [-0.2, -0.15) is 12.1 Å².